The van der Waals surface area contributed by atoms with Crippen LogP contribution in [0.5, 0.6) is 0 Å². The van der Waals surface area contributed by atoms with E-state index in [4.69, 9.17) is 18.9 Å². The number of ether oxygens (including phenoxy) is 4. The zero-order valence-corrected chi connectivity index (χ0v) is 15.1. The predicted molar refractivity (Wildman–Crippen MR) is 86.7 cm³/mol. The molecule has 154 valence electrons. The van der Waals surface area contributed by atoms with Crippen molar-refractivity contribution in [3.8, 4) is 0 Å². The summed E-state index contributed by atoms with van der Waals surface area (Å²) in [6.45, 7) is 1.01. The minimum absolute atomic E-state index is 0.286. The Balaban J connectivity index is 1.82. The molecule has 0 aromatic carbocycles. The first-order chi connectivity index (χ1) is 12.7. The van der Waals surface area contributed by atoms with E-state index in [0.29, 0.717) is 12.8 Å². The average molecular weight is 390 g/mol. The molecule has 0 bridgehead atoms. The average Bonchev–Trinajstić information content (AvgIpc) is 2.97. The summed E-state index contributed by atoms with van der Waals surface area (Å²) < 4.78 is 21.3. The van der Waals surface area contributed by atoms with E-state index in [2.05, 4.69) is 0 Å². The molecule has 1 aliphatic carbocycles. The molecule has 0 amide bonds. The smallest absolute Gasteiger partial charge is 0.337 e. The van der Waals surface area contributed by atoms with E-state index in [1.165, 1.54) is 13.4 Å². The predicted octanol–water partition coefficient (Wildman–Crippen LogP) is -2.01. The first-order valence-corrected chi connectivity index (χ1v) is 8.83. The van der Waals surface area contributed by atoms with E-state index in [1.807, 2.05) is 0 Å². The van der Waals surface area contributed by atoms with E-state index in [-0.39, 0.29) is 11.5 Å². The minimum atomic E-state index is -1.60. The standard InChI is InChI=1S/C17H26O10/c1-17(23)4-3-7-8(14(22)24-2)6-25-15(10(7)17)27-16-13(21)12(20)11(19)9(5-18)26-16/h6-7,9-13,15-16,18-21,23H,3-5H2,1-2H3/t7-,9-,10-,11-,12+,13+,15-,16-,17+/m1/s1. The molecule has 3 aliphatic rings. The van der Waals surface area contributed by atoms with E-state index in [1.54, 1.807) is 6.92 Å². The maximum atomic E-state index is 12.0. The zero-order chi connectivity index (χ0) is 19.9. The van der Waals surface area contributed by atoms with Crippen molar-refractivity contribution in [3.63, 3.8) is 0 Å². The van der Waals surface area contributed by atoms with E-state index >= 15 is 0 Å². The van der Waals surface area contributed by atoms with Gasteiger partial charge in [-0.1, -0.05) is 0 Å². The molecule has 0 spiro atoms. The summed E-state index contributed by atoms with van der Waals surface area (Å²) in [7, 11) is 1.25. The summed E-state index contributed by atoms with van der Waals surface area (Å²) in [5, 5.41) is 49.9. The van der Waals surface area contributed by atoms with Crippen LogP contribution >= 0.6 is 0 Å². The highest BCUT2D eigenvalue weighted by Gasteiger charge is 2.56. The molecule has 1 saturated carbocycles. The van der Waals surface area contributed by atoms with Gasteiger partial charge in [0.1, 0.15) is 24.4 Å². The number of methoxy groups -OCH3 is 1. The molecule has 10 heteroatoms. The summed E-state index contributed by atoms with van der Waals surface area (Å²) >= 11 is 0. The largest absolute Gasteiger partial charge is 0.471 e. The fourth-order valence-electron chi connectivity index (χ4n) is 4.12. The van der Waals surface area contributed by atoms with Crippen molar-refractivity contribution in [2.24, 2.45) is 11.8 Å². The molecule has 3 rings (SSSR count). The number of rotatable bonds is 4. The molecule has 5 N–H and O–H groups in total. The van der Waals surface area contributed by atoms with Gasteiger partial charge >= 0.3 is 5.97 Å². The van der Waals surface area contributed by atoms with Gasteiger partial charge in [0.05, 0.1) is 37.1 Å². The fraction of sp³-hybridized carbons (Fsp3) is 0.824. The Labute approximate surface area is 155 Å². The number of fused-ring (bicyclic) bond motifs is 1. The number of aliphatic hydroxyl groups is 5. The van der Waals surface area contributed by atoms with Crippen LogP contribution in [0.1, 0.15) is 19.8 Å². The highest BCUT2D eigenvalue weighted by Crippen LogP contribution is 2.49. The molecule has 2 fully saturated rings. The Kier molecular flexibility index (Phi) is 5.78. The highest BCUT2D eigenvalue weighted by atomic mass is 16.8. The first kappa shape index (κ1) is 20.5. The summed E-state index contributed by atoms with van der Waals surface area (Å²) in [4.78, 5) is 12.0. The van der Waals surface area contributed by atoms with Crippen molar-refractivity contribution in [2.45, 2.75) is 62.4 Å². The van der Waals surface area contributed by atoms with Gasteiger partial charge < -0.3 is 44.5 Å². The maximum Gasteiger partial charge on any atom is 0.337 e. The van der Waals surface area contributed by atoms with Crippen molar-refractivity contribution in [1.29, 1.82) is 0 Å². The van der Waals surface area contributed by atoms with E-state index in [9.17, 15) is 30.3 Å². The van der Waals surface area contributed by atoms with Crippen LogP contribution in [0, 0.1) is 11.8 Å². The van der Waals surface area contributed by atoms with E-state index < -0.39 is 61.1 Å². The van der Waals surface area contributed by atoms with Gasteiger partial charge in [-0.2, -0.15) is 0 Å². The van der Waals surface area contributed by atoms with Gasteiger partial charge in [0.25, 0.3) is 0 Å². The topological polar surface area (TPSA) is 155 Å². The molecular weight excluding hydrogens is 364 g/mol. The van der Waals surface area contributed by atoms with Gasteiger partial charge in [0, 0.05) is 5.92 Å². The van der Waals surface area contributed by atoms with Crippen LogP contribution in [-0.4, -0.2) is 87.8 Å². The number of hydrogen-bond donors (Lipinski definition) is 5. The molecule has 2 aliphatic heterocycles. The van der Waals surface area contributed by atoms with Gasteiger partial charge in [0.2, 0.25) is 6.29 Å². The van der Waals surface area contributed by atoms with Crippen LogP contribution in [0.4, 0.5) is 0 Å². The van der Waals surface area contributed by atoms with Crippen molar-refractivity contribution >= 4 is 5.97 Å². The van der Waals surface area contributed by atoms with Crippen LogP contribution in [-0.2, 0) is 23.7 Å². The normalized spacial score (nSPS) is 47.0. The summed E-state index contributed by atoms with van der Waals surface area (Å²) in [6, 6.07) is 0. The lowest BCUT2D eigenvalue weighted by Crippen LogP contribution is -2.60. The maximum absolute atomic E-state index is 12.0. The van der Waals surface area contributed by atoms with Crippen LogP contribution in [0.3, 0.4) is 0 Å². The Morgan fingerprint density at radius 3 is 2.59 bits per heavy atom. The molecule has 10 nitrogen and oxygen atoms in total. The minimum Gasteiger partial charge on any atom is -0.471 e. The molecule has 27 heavy (non-hydrogen) atoms. The molecule has 1 saturated heterocycles. The third kappa shape index (κ3) is 3.58. The Morgan fingerprint density at radius 1 is 1.26 bits per heavy atom. The van der Waals surface area contributed by atoms with Gasteiger partial charge in [0.15, 0.2) is 6.29 Å². The van der Waals surface area contributed by atoms with Crippen molar-refractivity contribution in [1.82, 2.24) is 0 Å². The third-order valence-corrected chi connectivity index (χ3v) is 5.67. The number of hydrogen-bond acceptors (Lipinski definition) is 10. The monoisotopic (exact) mass is 390 g/mol. The second-order valence-electron chi connectivity index (χ2n) is 7.43. The number of esters is 1. The quantitative estimate of drug-likeness (QED) is 0.340. The number of carbonyl (C=O) groups is 1. The second-order valence-corrected chi connectivity index (χ2v) is 7.43. The fourth-order valence-corrected chi connectivity index (χ4v) is 4.12. The van der Waals surface area contributed by atoms with Crippen LogP contribution < -0.4 is 0 Å². The number of carbonyl (C=O) groups excluding carboxylic acids is 1. The molecule has 0 radical (unpaired) electrons. The van der Waals surface area contributed by atoms with Gasteiger partial charge in [-0.25, -0.2) is 4.79 Å². The molecule has 9 atom stereocenters. The molecular formula is C17H26O10. The molecule has 0 unspecified atom stereocenters. The van der Waals surface area contributed by atoms with Gasteiger partial charge in [-0.05, 0) is 19.8 Å². The Bertz CT molecular complexity index is 588. The van der Waals surface area contributed by atoms with Crippen LogP contribution in [0.25, 0.3) is 0 Å². The highest BCUT2D eigenvalue weighted by molar-refractivity contribution is 5.89. The third-order valence-electron chi connectivity index (χ3n) is 5.67. The van der Waals surface area contributed by atoms with Crippen molar-refractivity contribution < 1.29 is 49.3 Å². The van der Waals surface area contributed by atoms with E-state index in [0.717, 1.165) is 0 Å². The summed E-state index contributed by atoms with van der Waals surface area (Å²) in [5.74, 6) is -1.59. The number of aliphatic hydroxyl groups excluding tert-OH is 4. The Morgan fingerprint density at radius 2 is 1.96 bits per heavy atom. The van der Waals surface area contributed by atoms with Crippen LogP contribution in [0.2, 0.25) is 0 Å². The van der Waals surface area contributed by atoms with Gasteiger partial charge in [-0.15, -0.1) is 0 Å². The molecule has 0 aromatic rings. The second kappa shape index (κ2) is 7.63. The van der Waals surface area contributed by atoms with Gasteiger partial charge in [-0.3, -0.25) is 0 Å². The van der Waals surface area contributed by atoms with Crippen molar-refractivity contribution in [3.05, 3.63) is 11.8 Å². The molecule has 2 heterocycles. The lowest BCUT2D eigenvalue weighted by molar-refractivity contribution is -0.346. The first-order valence-electron chi connectivity index (χ1n) is 8.83. The summed E-state index contributed by atoms with van der Waals surface area (Å²) in [6.07, 6.45) is -6.19. The van der Waals surface area contributed by atoms with Crippen LogP contribution in [0.15, 0.2) is 11.8 Å². The van der Waals surface area contributed by atoms with Crippen molar-refractivity contribution in [2.75, 3.05) is 13.7 Å². The lowest BCUT2D eigenvalue weighted by atomic mass is 9.81. The zero-order valence-electron chi connectivity index (χ0n) is 15.1. The Hall–Kier alpha value is -1.27. The lowest BCUT2D eigenvalue weighted by Gasteiger charge is -2.44. The SMILES string of the molecule is COC(=O)C1=CO[C@H](O[C@H]2O[C@H](CO)[C@@H](O)[C@H](O)[C@@H]2O)[C@H]2[C@@H]1CC[C@]2(C)O. The summed E-state index contributed by atoms with van der Waals surface area (Å²) in [5.41, 5.74) is -0.925. The molecule has 0 aromatic heterocycles.